The predicted molar refractivity (Wildman–Crippen MR) is 73.4 cm³/mol. The van der Waals surface area contributed by atoms with E-state index in [0.29, 0.717) is 18.1 Å². The molecule has 0 aliphatic heterocycles. The summed E-state index contributed by atoms with van der Waals surface area (Å²) in [4.78, 5) is 15.6. The van der Waals surface area contributed by atoms with Crippen molar-refractivity contribution < 1.29 is 4.79 Å². The van der Waals surface area contributed by atoms with E-state index >= 15 is 0 Å². The first-order valence-corrected chi connectivity index (χ1v) is 5.90. The standard InChI is InChI=1S/C13H20N4O/c1-9(2)17-13(14)16-8-10-4-6-11(7-5-10)12(18)15-3/h4-7,9H,8H2,1-3H3,(H,15,18)(H3,14,16,17). The average molecular weight is 248 g/mol. The Balaban J connectivity index is 2.61. The Labute approximate surface area is 107 Å². The van der Waals surface area contributed by atoms with Crippen LogP contribution in [0.3, 0.4) is 0 Å². The third-order valence-corrected chi connectivity index (χ3v) is 2.31. The Bertz CT molecular complexity index is 423. The molecule has 0 saturated heterocycles. The number of carbonyl (C=O) groups is 1. The van der Waals surface area contributed by atoms with Gasteiger partial charge in [-0.05, 0) is 31.5 Å². The molecule has 0 aromatic heterocycles. The molecule has 18 heavy (non-hydrogen) atoms. The molecule has 0 aliphatic carbocycles. The third-order valence-electron chi connectivity index (χ3n) is 2.31. The van der Waals surface area contributed by atoms with Crippen LogP contribution in [-0.2, 0) is 6.54 Å². The van der Waals surface area contributed by atoms with Crippen LogP contribution in [0.5, 0.6) is 0 Å². The van der Waals surface area contributed by atoms with E-state index < -0.39 is 0 Å². The zero-order valence-corrected chi connectivity index (χ0v) is 11.0. The molecule has 0 bridgehead atoms. The molecule has 0 atom stereocenters. The summed E-state index contributed by atoms with van der Waals surface area (Å²) in [5, 5.41) is 5.59. The second-order valence-corrected chi connectivity index (χ2v) is 4.28. The maximum absolute atomic E-state index is 11.3. The number of rotatable bonds is 4. The lowest BCUT2D eigenvalue weighted by molar-refractivity contribution is 0.0963. The lowest BCUT2D eigenvalue weighted by atomic mass is 10.1. The molecule has 1 rings (SSSR count). The average Bonchev–Trinajstić information content (AvgIpc) is 2.35. The first-order valence-electron chi connectivity index (χ1n) is 5.90. The van der Waals surface area contributed by atoms with Gasteiger partial charge in [0.1, 0.15) is 0 Å². The highest BCUT2D eigenvalue weighted by Gasteiger charge is 2.02. The van der Waals surface area contributed by atoms with Crippen LogP contribution in [0.25, 0.3) is 0 Å². The van der Waals surface area contributed by atoms with E-state index in [9.17, 15) is 4.79 Å². The lowest BCUT2D eigenvalue weighted by Crippen LogP contribution is -2.36. The quantitative estimate of drug-likeness (QED) is 0.546. The number of hydrogen-bond acceptors (Lipinski definition) is 2. The molecule has 0 spiro atoms. The predicted octanol–water partition coefficient (Wildman–Crippen LogP) is 0.859. The van der Waals surface area contributed by atoms with Gasteiger partial charge in [-0.3, -0.25) is 4.79 Å². The van der Waals surface area contributed by atoms with Gasteiger partial charge < -0.3 is 16.4 Å². The number of hydrogen-bond donors (Lipinski definition) is 3. The number of nitrogens with one attached hydrogen (secondary N) is 2. The van der Waals surface area contributed by atoms with Gasteiger partial charge in [0.25, 0.3) is 5.91 Å². The molecular formula is C13H20N4O. The highest BCUT2D eigenvalue weighted by molar-refractivity contribution is 5.93. The van der Waals surface area contributed by atoms with Crippen molar-refractivity contribution in [1.29, 1.82) is 0 Å². The molecule has 5 heteroatoms. The summed E-state index contributed by atoms with van der Waals surface area (Å²) >= 11 is 0. The van der Waals surface area contributed by atoms with Crippen molar-refractivity contribution in [3.63, 3.8) is 0 Å². The van der Waals surface area contributed by atoms with Crippen molar-refractivity contribution in [3.05, 3.63) is 35.4 Å². The molecule has 0 unspecified atom stereocenters. The molecule has 0 aliphatic rings. The minimum atomic E-state index is -0.0916. The monoisotopic (exact) mass is 248 g/mol. The van der Waals surface area contributed by atoms with Crippen molar-refractivity contribution in [2.75, 3.05) is 7.05 Å². The van der Waals surface area contributed by atoms with Gasteiger partial charge in [-0.1, -0.05) is 12.1 Å². The first kappa shape index (κ1) is 14.0. The smallest absolute Gasteiger partial charge is 0.251 e. The summed E-state index contributed by atoms with van der Waals surface area (Å²) in [5.74, 6) is 0.339. The van der Waals surface area contributed by atoms with Crippen LogP contribution >= 0.6 is 0 Å². The number of amides is 1. The first-order chi connectivity index (χ1) is 8.52. The maximum atomic E-state index is 11.3. The molecule has 1 aromatic rings. The number of nitrogens with two attached hydrogens (primary N) is 1. The Morgan fingerprint density at radius 3 is 2.44 bits per heavy atom. The Kier molecular flexibility index (Phi) is 5.17. The van der Waals surface area contributed by atoms with E-state index in [4.69, 9.17) is 5.73 Å². The molecule has 0 saturated carbocycles. The summed E-state index contributed by atoms with van der Waals surface area (Å²) in [6.07, 6.45) is 0. The fourth-order valence-corrected chi connectivity index (χ4v) is 1.42. The SMILES string of the molecule is CNC(=O)c1ccc(CN=C(N)NC(C)C)cc1. The van der Waals surface area contributed by atoms with Crippen molar-refractivity contribution in [2.24, 2.45) is 10.7 Å². The Morgan fingerprint density at radius 2 is 1.94 bits per heavy atom. The van der Waals surface area contributed by atoms with Crippen molar-refractivity contribution in [1.82, 2.24) is 10.6 Å². The normalized spacial score (nSPS) is 11.4. The fourth-order valence-electron chi connectivity index (χ4n) is 1.42. The number of nitrogens with zero attached hydrogens (tertiary/aromatic N) is 1. The molecule has 1 aromatic carbocycles. The van der Waals surface area contributed by atoms with E-state index in [2.05, 4.69) is 15.6 Å². The molecule has 98 valence electrons. The number of benzene rings is 1. The summed E-state index contributed by atoms with van der Waals surface area (Å²) in [6, 6.07) is 7.56. The summed E-state index contributed by atoms with van der Waals surface area (Å²) in [6.45, 7) is 4.50. The van der Waals surface area contributed by atoms with E-state index in [1.165, 1.54) is 0 Å². The summed E-state index contributed by atoms with van der Waals surface area (Å²) < 4.78 is 0. The van der Waals surface area contributed by atoms with Gasteiger partial charge in [-0.25, -0.2) is 4.99 Å². The molecule has 0 radical (unpaired) electrons. The highest BCUT2D eigenvalue weighted by Crippen LogP contribution is 2.05. The third kappa shape index (κ3) is 4.45. The molecule has 0 heterocycles. The van der Waals surface area contributed by atoms with E-state index in [0.717, 1.165) is 5.56 Å². The molecular weight excluding hydrogens is 228 g/mol. The lowest BCUT2D eigenvalue weighted by Gasteiger charge is -2.08. The zero-order chi connectivity index (χ0) is 13.5. The van der Waals surface area contributed by atoms with Crippen molar-refractivity contribution in [3.8, 4) is 0 Å². The van der Waals surface area contributed by atoms with Crippen molar-refractivity contribution in [2.45, 2.75) is 26.4 Å². The Morgan fingerprint density at radius 1 is 1.33 bits per heavy atom. The van der Waals surface area contributed by atoms with E-state index in [1.54, 1.807) is 19.2 Å². The van der Waals surface area contributed by atoms with Crippen LogP contribution in [0.15, 0.2) is 29.3 Å². The molecule has 4 N–H and O–H groups in total. The van der Waals surface area contributed by atoms with E-state index in [1.807, 2.05) is 26.0 Å². The second-order valence-electron chi connectivity index (χ2n) is 4.28. The van der Waals surface area contributed by atoms with Crippen LogP contribution < -0.4 is 16.4 Å². The van der Waals surface area contributed by atoms with Crippen LogP contribution in [0, 0.1) is 0 Å². The van der Waals surface area contributed by atoms with Gasteiger partial charge in [0.05, 0.1) is 6.54 Å². The Hall–Kier alpha value is -2.04. The summed E-state index contributed by atoms with van der Waals surface area (Å²) in [7, 11) is 1.61. The second kappa shape index (κ2) is 6.64. The van der Waals surface area contributed by atoms with Crippen LogP contribution in [0.1, 0.15) is 29.8 Å². The number of guanidine groups is 1. The van der Waals surface area contributed by atoms with Gasteiger partial charge in [0.2, 0.25) is 0 Å². The number of carbonyl (C=O) groups excluding carboxylic acids is 1. The largest absolute Gasteiger partial charge is 0.370 e. The molecule has 1 amide bonds. The van der Waals surface area contributed by atoms with Gasteiger partial charge in [-0.2, -0.15) is 0 Å². The minimum absolute atomic E-state index is 0.0916. The van der Waals surface area contributed by atoms with Gasteiger partial charge in [0.15, 0.2) is 5.96 Å². The fraction of sp³-hybridized carbons (Fsp3) is 0.385. The molecule has 5 nitrogen and oxygen atoms in total. The van der Waals surface area contributed by atoms with Crippen LogP contribution in [-0.4, -0.2) is 25.0 Å². The van der Waals surface area contributed by atoms with Gasteiger partial charge >= 0.3 is 0 Å². The highest BCUT2D eigenvalue weighted by atomic mass is 16.1. The minimum Gasteiger partial charge on any atom is -0.370 e. The maximum Gasteiger partial charge on any atom is 0.251 e. The summed E-state index contributed by atoms with van der Waals surface area (Å²) in [5.41, 5.74) is 7.34. The van der Waals surface area contributed by atoms with Gasteiger partial charge in [0, 0.05) is 18.7 Å². The van der Waals surface area contributed by atoms with E-state index in [-0.39, 0.29) is 11.9 Å². The number of aliphatic imine (C=N–C) groups is 1. The van der Waals surface area contributed by atoms with Crippen LogP contribution in [0.2, 0.25) is 0 Å². The van der Waals surface area contributed by atoms with Crippen molar-refractivity contribution >= 4 is 11.9 Å². The topological polar surface area (TPSA) is 79.5 Å². The van der Waals surface area contributed by atoms with Crippen LogP contribution in [0.4, 0.5) is 0 Å². The zero-order valence-electron chi connectivity index (χ0n) is 11.0. The van der Waals surface area contributed by atoms with Gasteiger partial charge in [-0.15, -0.1) is 0 Å². The molecule has 0 fully saturated rings.